The van der Waals surface area contributed by atoms with Crippen LogP contribution in [0.2, 0.25) is 0 Å². The number of sulfone groups is 1. The molecule has 1 aliphatic rings. The molecule has 1 aliphatic heterocycles. The van der Waals surface area contributed by atoms with Crippen LogP contribution in [0.25, 0.3) is 0 Å². The van der Waals surface area contributed by atoms with E-state index in [2.05, 4.69) is 5.32 Å². The molecule has 0 spiro atoms. The van der Waals surface area contributed by atoms with E-state index >= 15 is 0 Å². The molecule has 1 aromatic rings. The lowest BCUT2D eigenvalue weighted by Gasteiger charge is -2.28. The minimum absolute atomic E-state index is 0.0141. The molecule has 1 atom stereocenters. The van der Waals surface area contributed by atoms with Crippen molar-refractivity contribution < 1.29 is 22.4 Å². The average molecular weight is 385 g/mol. The normalized spacial score (nSPS) is 18.7. The van der Waals surface area contributed by atoms with Gasteiger partial charge in [-0.05, 0) is 26.6 Å². The number of likely N-dealkylation sites (N-methyl/N-ethyl adjacent to an activating group) is 1. The van der Waals surface area contributed by atoms with E-state index < -0.39 is 33.5 Å². The lowest BCUT2D eigenvalue weighted by atomic mass is 10.2. The Hall–Kier alpha value is -2.00. The third-order valence-electron chi connectivity index (χ3n) is 4.29. The Labute approximate surface area is 153 Å². The summed E-state index contributed by atoms with van der Waals surface area (Å²) in [6, 6.07) is 5.46. The number of carbonyl (C=O) groups excluding carboxylic acids is 2. The second-order valence-corrected chi connectivity index (χ2v) is 8.86. The van der Waals surface area contributed by atoms with Crippen LogP contribution in [0.15, 0.2) is 24.3 Å². The van der Waals surface area contributed by atoms with Gasteiger partial charge in [0.05, 0.1) is 11.5 Å². The monoisotopic (exact) mass is 385 g/mol. The van der Waals surface area contributed by atoms with Gasteiger partial charge in [0.1, 0.15) is 5.82 Å². The Morgan fingerprint density at radius 3 is 2.50 bits per heavy atom. The van der Waals surface area contributed by atoms with Crippen molar-refractivity contribution in [1.82, 2.24) is 15.1 Å². The summed E-state index contributed by atoms with van der Waals surface area (Å²) in [6.07, 6.45) is 0.322. The highest BCUT2D eigenvalue weighted by atomic mass is 32.2. The Balaban J connectivity index is 2.04. The molecule has 1 unspecified atom stereocenters. The summed E-state index contributed by atoms with van der Waals surface area (Å²) >= 11 is 0. The molecule has 1 heterocycles. The first kappa shape index (κ1) is 20.3. The van der Waals surface area contributed by atoms with Gasteiger partial charge in [0.25, 0.3) is 0 Å². The summed E-state index contributed by atoms with van der Waals surface area (Å²) in [6.45, 7) is 0.643. The Morgan fingerprint density at radius 2 is 1.92 bits per heavy atom. The minimum Gasteiger partial charge on any atom is -0.344 e. The average Bonchev–Trinajstić information content (AvgIpc) is 2.93. The Morgan fingerprint density at radius 1 is 1.23 bits per heavy atom. The van der Waals surface area contributed by atoms with Crippen LogP contribution in [-0.2, 0) is 26.0 Å². The second-order valence-electron chi connectivity index (χ2n) is 6.63. The molecule has 2 rings (SSSR count). The molecule has 0 radical (unpaired) electrons. The SMILES string of the molecule is CN(C)CCN(C(=O)C(=O)NCc1ccccc1F)C1CCS(=O)(=O)C1. The molecule has 1 fully saturated rings. The number of carbonyl (C=O) groups is 2. The second kappa shape index (κ2) is 8.59. The van der Waals surface area contributed by atoms with Crippen LogP contribution in [-0.4, -0.2) is 74.8 Å². The molecule has 0 saturated carbocycles. The third kappa shape index (κ3) is 5.50. The molecule has 26 heavy (non-hydrogen) atoms. The van der Waals surface area contributed by atoms with E-state index in [1.165, 1.54) is 23.1 Å². The molecular weight excluding hydrogens is 361 g/mol. The number of hydrogen-bond donors (Lipinski definition) is 1. The Kier molecular flexibility index (Phi) is 6.71. The molecule has 9 heteroatoms. The van der Waals surface area contributed by atoms with Gasteiger partial charge in [-0.1, -0.05) is 18.2 Å². The first-order valence-corrected chi connectivity index (χ1v) is 10.2. The van der Waals surface area contributed by atoms with Crippen LogP contribution in [0.4, 0.5) is 4.39 Å². The number of hydrogen-bond acceptors (Lipinski definition) is 5. The van der Waals surface area contributed by atoms with Crippen molar-refractivity contribution in [3.05, 3.63) is 35.6 Å². The van der Waals surface area contributed by atoms with Crippen LogP contribution >= 0.6 is 0 Å². The number of nitrogens with zero attached hydrogens (tertiary/aromatic N) is 2. The molecule has 2 amide bonds. The maximum atomic E-state index is 13.6. The van der Waals surface area contributed by atoms with Crippen molar-refractivity contribution >= 4 is 21.7 Å². The highest BCUT2D eigenvalue weighted by Gasteiger charge is 2.36. The summed E-state index contributed by atoms with van der Waals surface area (Å²) in [5.41, 5.74) is 0.275. The van der Waals surface area contributed by atoms with Crippen LogP contribution in [0.1, 0.15) is 12.0 Å². The van der Waals surface area contributed by atoms with Crippen molar-refractivity contribution in [2.24, 2.45) is 0 Å². The van der Waals surface area contributed by atoms with Crippen molar-refractivity contribution in [3.8, 4) is 0 Å². The summed E-state index contributed by atoms with van der Waals surface area (Å²) in [4.78, 5) is 28.0. The van der Waals surface area contributed by atoms with Crippen LogP contribution in [0.3, 0.4) is 0 Å². The predicted octanol–water partition coefficient (Wildman–Crippen LogP) is 0.0192. The van der Waals surface area contributed by atoms with E-state index in [-0.39, 0.29) is 30.2 Å². The first-order valence-electron chi connectivity index (χ1n) is 8.37. The molecule has 0 aromatic heterocycles. The predicted molar refractivity (Wildman–Crippen MR) is 95.6 cm³/mol. The lowest BCUT2D eigenvalue weighted by Crippen LogP contribution is -2.50. The first-order chi connectivity index (χ1) is 12.2. The van der Waals surface area contributed by atoms with Gasteiger partial charge < -0.3 is 15.1 Å². The number of halogens is 1. The van der Waals surface area contributed by atoms with E-state index in [4.69, 9.17) is 0 Å². The van der Waals surface area contributed by atoms with E-state index in [1.54, 1.807) is 6.07 Å². The smallest absolute Gasteiger partial charge is 0.312 e. The van der Waals surface area contributed by atoms with Crippen molar-refractivity contribution in [2.75, 3.05) is 38.7 Å². The summed E-state index contributed by atoms with van der Waals surface area (Å²) in [5.74, 6) is -2.24. The number of nitrogens with one attached hydrogen (secondary N) is 1. The zero-order chi connectivity index (χ0) is 19.3. The number of benzene rings is 1. The fourth-order valence-corrected chi connectivity index (χ4v) is 4.53. The Bertz CT molecular complexity index is 767. The van der Waals surface area contributed by atoms with Crippen LogP contribution in [0, 0.1) is 5.82 Å². The zero-order valence-electron chi connectivity index (χ0n) is 14.9. The van der Waals surface area contributed by atoms with E-state index in [0.717, 1.165) is 0 Å². The summed E-state index contributed by atoms with van der Waals surface area (Å²) in [5, 5.41) is 2.42. The number of amides is 2. The van der Waals surface area contributed by atoms with Crippen molar-refractivity contribution in [2.45, 2.75) is 19.0 Å². The highest BCUT2D eigenvalue weighted by molar-refractivity contribution is 7.91. The number of rotatable bonds is 6. The highest BCUT2D eigenvalue weighted by Crippen LogP contribution is 2.18. The van der Waals surface area contributed by atoms with Crippen LogP contribution < -0.4 is 5.32 Å². The van der Waals surface area contributed by atoms with Gasteiger partial charge in [-0.2, -0.15) is 0 Å². The molecule has 0 aliphatic carbocycles. The summed E-state index contributed by atoms with van der Waals surface area (Å²) in [7, 11) is 0.463. The van der Waals surface area contributed by atoms with Gasteiger partial charge in [-0.15, -0.1) is 0 Å². The minimum atomic E-state index is -3.19. The third-order valence-corrected chi connectivity index (χ3v) is 6.04. The van der Waals surface area contributed by atoms with Gasteiger partial charge in [0.2, 0.25) is 0 Å². The maximum absolute atomic E-state index is 13.6. The van der Waals surface area contributed by atoms with Crippen molar-refractivity contribution in [3.63, 3.8) is 0 Å². The molecular formula is C17H24FN3O4S. The zero-order valence-corrected chi connectivity index (χ0v) is 15.8. The van der Waals surface area contributed by atoms with Gasteiger partial charge >= 0.3 is 11.8 Å². The topological polar surface area (TPSA) is 86.8 Å². The van der Waals surface area contributed by atoms with Crippen LogP contribution in [0.5, 0.6) is 0 Å². The van der Waals surface area contributed by atoms with Gasteiger partial charge in [0.15, 0.2) is 9.84 Å². The molecule has 7 nitrogen and oxygen atoms in total. The largest absolute Gasteiger partial charge is 0.344 e. The van der Waals surface area contributed by atoms with Crippen molar-refractivity contribution in [1.29, 1.82) is 0 Å². The van der Waals surface area contributed by atoms with E-state index in [1.807, 2.05) is 19.0 Å². The van der Waals surface area contributed by atoms with E-state index in [9.17, 15) is 22.4 Å². The molecule has 1 aromatic carbocycles. The quantitative estimate of drug-likeness (QED) is 0.698. The maximum Gasteiger partial charge on any atom is 0.312 e. The lowest BCUT2D eigenvalue weighted by molar-refractivity contribution is -0.147. The molecule has 0 bridgehead atoms. The standard InChI is InChI=1S/C17H24FN3O4S/c1-20(2)8-9-21(14-7-10-26(24,25)12-14)17(23)16(22)19-11-13-5-3-4-6-15(13)18/h3-6,14H,7-12H2,1-2H3,(H,19,22). The summed E-state index contributed by atoms with van der Waals surface area (Å²) < 4.78 is 37.1. The molecule has 1 saturated heterocycles. The molecule has 144 valence electrons. The van der Waals surface area contributed by atoms with E-state index in [0.29, 0.717) is 13.0 Å². The van der Waals surface area contributed by atoms with Gasteiger partial charge in [-0.3, -0.25) is 9.59 Å². The fraction of sp³-hybridized carbons (Fsp3) is 0.529. The van der Waals surface area contributed by atoms with Gasteiger partial charge in [0, 0.05) is 31.2 Å². The fourth-order valence-electron chi connectivity index (χ4n) is 2.80. The van der Waals surface area contributed by atoms with Gasteiger partial charge in [-0.25, -0.2) is 12.8 Å². The molecule has 1 N–H and O–H groups in total.